The minimum atomic E-state index is -3.20. The molecule has 0 saturated carbocycles. The first-order valence-electron chi connectivity index (χ1n) is 5.94. The third-order valence-corrected chi connectivity index (χ3v) is 5.58. The Hall–Kier alpha value is -0.350. The van der Waals surface area contributed by atoms with Gasteiger partial charge in [-0.1, -0.05) is 13.8 Å². The molecule has 0 aliphatic heterocycles. The van der Waals surface area contributed by atoms with Crippen molar-refractivity contribution in [1.29, 1.82) is 0 Å². The van der Waals surface area contributed by atoms with Gasteiger partial charge in [0.15, 0.2) is 0 Å². The maximum Gasteiger partial charge on any atom is 0.393 e. The van der Waals surface area contributed by atoms with E-state index in [1.54, 1.807) is 12.1 Å². The fourth-order valence-electron chi connectivity index (χ4n) is 1.12. The smallest absolute Gasteiger partial charge is 0.301 e. The Morgan fingerprint density at radius 1 is 1.11 bits per heavy atom. The molecule has 0 radical (unpaired) electrons. The predicted molar refractivity (Wildman–Crippen MR) is 72.3 cm³/mol. The van der Waals surface area contributed by atoms with E-state index in [9.17, 15) is 8.96 Å². The fraction of sp³-hybridized carbons (Fsp3) is 0.500. The summed E-state index contributed by atoms with van der Waals surface area (Å²) in [7, 11) is 0. The van der Waals surface area contributed by atoms with Gasteiger partial charge in [-0.3, -0.25) is 0 Å². The topological polar surface area (TPSA) is 35.5 Å². The molecule has 0 spiro atoms. The molecular weight excluding hydrogens is 274 g/mol. The molecule has 0 saturated heterocycles. The summed E-state index contributed by atoms with van der Waals surface area (Å²) in [4.78, 5) is 0.673. The van der Waals surface area contributed by atoms with Gasteiger partial charge in [-0.15, -0.1) is 0 Å². The predicted octanol–water partition coefficient (Wildman–Crippen LogP) is 4.88. The van der Waals surface area contributed by atoms with Crippen LogP contribution in [0.5, 0.6) is 0 Å². The lowest BCUT2D eigenvalue weighted by Gasteiger charge is -2.16. The van der Waals surface area contributed by atoms with E-state index in [0.717, 1.165) is 24.2 Å². The monoisotopic (exact) mass is 292 g/mol. The molecular formula is C12H18FO3PS. The van der Waals surface area contributed by atoms with Crippen LogP contribution in [0.2, 0.25) is 0 Å². The number of rotatable bonds is 8. The summed E-state index contributed by atoms with van der Waals surface area (Å²) >= 11 is 1.02. The van der Waals surface area contributed by atoms with Crippen LogP contribution < -0.4 is 0 Å². The molecule has 0 aliphatic carbocycles. The van der Waals surface area contributed by atoms with Crippen molar-refractivity contribution in [3.05, 3.63) is 30.1 Å². The summed E-state index contributed by atoms with van der Waals surface area (Å²) in [6.45, 7) is 1.45. The van der Waals surface area contributed by atoms with Crippen molar-refractivity contribution < 1.29 is 18.0 Å². The van der Waals surface area contributed by atoms with E-state index in [2.05, 4.69) is 0 Å². The Kier molecular flexibility index (Phi) is 6.94. The summed E-state index contributed by atoms with van der Waals surface area (Å²) in [6, 6.07) is 5.78. The SMILES string of the molecule is CCCOP(=O)(OCCC)Sc1ccc(F)cc1. The van der Waals surface area contributed by atoms with E-state index in [1.807, 2.05) is 13.8 Å². The third kappa shape index (κ3) is 5.53. The van der Waals surface area contributed by atoms with Crippen LogP contribution in [0.4, 0.5) is 4.39 Å². The summed E-state index contributed by atoms with van der Waals surface area (Å²) in [6.07, 6.45) is 1.53. The summed E-state index contributed by atoms with van der Waals surface area (Å²) in [5.41, 5.74) is 0. The second kappa shape index (κ2) is 7.95. The average Bonchev–Trinajstić information content (AvgIpc) is 2.37. The third-order valence-electron chi connectivity index (χ3n) is 1.94. The second-order valence-corrected chi connectivity index (χ2v) is 7.61. The highest BCUT2D eigenvalue weighted by molar-refractivity contribution is 8.55. The molecule has 18 heavy (non-hydrogen) atoms. The standard InChI is InChI=1S/C12H18FO3PS/c1-3-9-15-17(14,16-10-4-2)18-12-7-5-11(13)6-8-12/h5-8H,3-4,9-10H2,1-2H3. The van der Waals surface area contributed by atoms with Gasteiger partial charge in [-0.05, 0) is 48.5 Å². The van der Waals surface area contributed by atoms with Gasteiger partial charge in [0, 0.05) is 4.90 Å². The molecule has 0 fully saturated rings. The lowest BCUT2D eigenvalue weighted by Crippen LogP contribution is -1.95. The highest BCUT2D eigenvalue weighted by atomic mass is 32.7. The molecule has 0 aromatic heterocycles. The normalized spacial score (nSPS) is 11.7. The molecule has 0 aliphatic rings. The maximum absolute atomic E-state index is 12.8. The first-order chi connectivity index (χ1) is 8.59. The minimum Gasteiger partial charge on any atom is -0.301 e. The highest BCUT2D eigenvalue weighted by Gasteiger charge is 2.26. The Morgan fingerprint density at radius 3 is 2.06 bits per heavy atom. The minimum absolute atomic E-state index is 0.321. The van der Waals surface area contributed by atoms with Crippen molar-refractivity contribution in [3.8, 4) is 0 Å². The van der Waals surface area contributed by atoms with Crippen molar-refractivity contribution in [2.45, 2.75) is 31.6 Å². The summed E-state index contributed by atoms with van der Waals surface area (Å²) in [5.74, 6) is -0.321. The zero-order chi connectivity index (χ0) is 13.4. The van der Waals surface area contributed by atoms with Crippen molar-refractivity contribution in [2.75, 3.05) is 13.2 Å². The van der Waals surface area contributed by atoms with Crippen LogP contribution in [0.15, 0.2) is 29.2 Å². The van der Waals surface area contributed by atoms with Gasteiger partial charge in [-0.25, -0.2) is 8.96 Å². The zero-order valence-electron chi connectivity index (χ0n) is 10.6. The molecule has 0 atom stereocenters. The number of benzene rings is 1. The molecule has 0 heterocycles. The van der Waals surface area contributed by atoms with Crippen LogP contribution in [0, 0.1) is 5.82 Å². The quantitative estimate of drug-likeness (QED) is 0.640. The molecule has 0 amide bonds. The van der Waals surface area contributed by atoms with E-state index in [4.69, 9.17) is 9.05 Å². The first kappa shape index (κ1) is 15.7. The average molecular weight is 292 g/mol. The van der Waals surface area contributed by atoms with E-state index in [0.29, 0.717) is 18.1 Å². The van der Waals surface area contributed by atoms with Gasteiger partial charge >= 0.3 is 6.80 Å². The zero-order valence-corrected chi connectivity index (χ0v) is 12.3. The van der Waals surface area contributed by atoms with E-state index in [1.165, 1.54) is 12.1 Å². The van der Waals surface area contributed by atoms with Crippen LogP contribution in [-0.4, -0.2) is 13.2 Å². The van der Waals surface area contributed by atoms with Crippen molar-refractivity contribution in [2.24, 2.45) is 0 Å². The molecule has 3 nitrogen and oxygen atoms in total. The summed E-state index contributed by atoms with van der Waals surface area (Å²) < 4.78 is 35.8. The Balaban J connectivity index is 2.70. The summed E-state index contributed by atoms with van der Waals surface area (Å²) in [5, 5.41) is 0. The van der Waals surface area contributed by atoms with Crippen LogP contribution in [0.3, 0.4) is 0 Å². The number of halogens is 1. The molecule has 0 unspecified atom stereocenters. The highest BCUT2D eigenvalue weighted by Crippen LogP contribution is 2.63. The Morgan fingerprint density at radius 2 is 1.61 bits per heavy atom. The van der Waals surface area contributed by atoms with E-state index < -0.39 is 6.80 Å². The van der Waals surface area contributed by atoms with Gasteiger partial charge in [-0.2, -0.15) is 0 Å². The Bertz CT molecular complexity index is 385. The van der Waals surface area contributed by atoms with Gasteiger partial charge in [0.05, 0.1) is 13.2 Å². The number of hydrogen-bond donors (Lipinski definition) is 0. The second-order valence-electron chi connectivity index (χ2n) is 3.66. The fourth-order valence-corrected chi connectivity index (χ4v) is 4.53. The lowest BCUT2D eigenvalue weighted by atomic mass is 10.4. The van der Waals surface area contributed by atoms with Crippen LogP contribution in [0.1, 0.15) is 26.7 Å². The molecule has 0 N–H and O–H groups in total. The van der Waals surface area contributed by atoms with Gasteiger partial charge in [0.25, 0.3) is 0 Å². The first-order valence-corrected chi connectivity index (χ1v) is 8.90. The molecule has 6 heteroatoms. The van der Waals surface area contributed by atoms with Gasteiger partial charge in [0.2, 0.25) is 0 Å². The van der Waals surface area contributed by atoms with E-state index in [-0.39, 0.29) is 5.82 Å². The van der Waals surface area contributed by atoms with Gasteiger partial charge in [0.1, 0.15) is 5.82 Å². The largest absolute Gasteiger partial charge is 0.393 e. The Labute approximate surface area is 111 Å². The van der Waals surface area contributed by atoms with Crippen LogP contribution in [0.25, 0.3) is 0 Å². The van der Waals surface area contributed by atoms with Crippen molar-refractivity contribution in [1.82, 2.24) is 0 Å². The van der Waals surface area contributed by atoms with Crippen molar-refractivity contribution >= 4 is 18.2 Å². The van der Waals surface area contributed by atoms with Crippen molar-refractivity contribution in [3.63, 3.8) is 0 Å². The maximum atomic E-state index is 12.8. The number of hydrogen-bond acceptors (Lipinski definition) is 4. The molecule has 1 aromatic rings. The molecule has 0 bridgehead atoms. The molecule has 1 aromatic carbocycles. The molecule has 102 valence electrons. The van der Waals surface area contributed by atoms with Gasteiger partial charge < -0.3 is 9.05 Å². The van der Waals surface area contributed by atoms with Crippen LogP contribution >= 0.6 is 18.2 Å². The lowest BCUT2D eigenvalue weighted by molar-refractivity contribution is 0.220. The van der Waals surface area contributed by atoms with E-state index >= 15 is 0 Å². The van der Waals surface area contributed by atoms with Crippen LogP contribution in [-0.2, 0) is 13.6 Å². The molecule has 1 rings (SSSR count).